The summed E-state index contributed by atoms with van der Waals surface area (Å²) in [7, 11) is 0. The summed E-state index contributed by atoms with van der Waals surface area (Å²) in [4.78, 5) is 4.20. The summed E-state index contributed by atoms with van der Waals surface area (Å²) in [6.07, 6.45) is 0. The van der Waals surface area contributed by atoms with E-state index in [9.17, 15) is 9.50 Å². The third kappa shape index (κ3) is 5.14. The molecule has 10 heteroatoms. The number of ether oxygens (including phenoxy) is 1. The van der Waals surface area contributed by atoms with Crippen molar-refractivity contribution in [3.05, 3.63) is 63.9 Å². The van der Waals surface area contributed by atoms with Gasteiger partial charge in [-0.3, -0.25) is 0 Å². The van der Waals surface area contributed by atoms with Crippen LogP contribution in [0.4, 0.5) is 16.2 Å². The van der Waals surface area contributed by atoms with Crippen molar-refractivity contribution >= 4 is 35.0 Å². The van der Waals surface area contributed by atoms with Crippen LogP contribution in [0.2, 0.25) is 10.0 Å². The van der Waals surface area contributed by atoms with Gasteiger partial charge < -0.3 is 20.9 Å². The van der Waals surface area contributed by atoms with Crippen LogP contribution >= 0.6 is 23.2 Å². The van der Waals surface area contributed by atoms with E-state index in [0.29, 0.717) is 21.2 Å². The fourth-order valence-corrected chi connectivity index (χ4v) is 3.05. The van der Waals surface area contributed by atoms with Gasteiger partial charge in [0.2, 0.25) is 5.95 Å². The molecule has 4 N–H and O–H groups in total. The Morgan fingerprint density at radius 3 is 2.63 bits per heavy atom. The Bertz CT molecular complexity index is 1040. The number of anilines is 2. The topological polar surface area (TPSA) is 106 Å². The van der Waals surface area contributed by atoms with Gasteiger partial charge in [0, 0.05) is 11.1 Å². The Hall–Kier alpha value is -2.52. The highest BCUT2D eigenvalue weighted by molar-refractivity contribution is 6.43. The molecule has 30 heavy (non-hydrogen) atoms. The number of rotatable bonds is 8. The number of nitrogens with zero attached hydrogens (tertiary/aromatic N) is 3. The van der Waals surface area contributed by atoms with Gasteiger partial charge in [-0.1, -0.05) is 53.5 Å². The number of halogens is 3. The van der Waals surface area contributed by atoms with E-state index in [-0.39, 0.29) is 43.1 Å². The fraction of sp³-hybridized carbons (Fsp3) is 0.250. The lowest BCUT2D eigenvalue weighted by Crippen LogP contribution is -2.44. The molecule has 0 aliphatic rings. The van der Waals surface area contributed by atoms with E-state index >= 15 is 0 Å². The third-order valence-electron chi connectivity index (χ3n) is 4.32. The van der Waals surface area contributed by atoms with Crippen LogP contribution in [0.1, 0.15) is 12.5 Å². The lowest BCUT2D eigenvalue weighted by molar-refractivity contribution is 0.0602. The maximum Gasteiger partial charge on any atom is 0.245 e. The Kier molecular flexibility index (Phi) is 7.04. The van der Waals surface area contributed by atoms with Crippen LogP contribution in [-0.2, 0) is 11.3 Å². The zero-order valence-electron chi connectivity index (χ0n) is 16.1. The summed E-state index contributed by atoms with van der Waals surface area (Å²) in [6.45, 7) is 1.52. The predicted molar refractivity (Wildman–Crippen MR) is 115 cm³/mol. The van der Waals surface area contributed by atoms with Crippen LogP contribution in [-0.4, -0.2) is 39.0 Å². The lowest BCUT2D eigenvalue weighted by atomic mass is 10.1. The van der Waals surface area contributed by atoms with Gasteiger partial charge in [0.05, 0.1) is 35.4 Å². The van der Waals surface area contributed by atoms with Crippen LogP contribution in [0.25, 0.3) is 11.3 Å². The van der Waals surface area contributed by atoms with E-state index in [1.807, 2.05) is 0 Å². The van der Waals surface area contributed by atoms with Gasteiger partial charge in [0.15, 0.2) is 5.82 Å². The van der Waals surface area contributed by atoms with Crippen molar-refractivity contribution in [2.75, 3.05) is 24.3 Å². The Morgan fingerprint density at radius 2 is 1.93 bits per heavy atom. The number of aromatic nitrogens is 3. The van der Waals surface area contributed by atoms with E-state index in [0.717, 1.165) is 0 Å². The van der Waals surface area contributed by atoms with E-state index in [2.05, 4.69) is 20.5 Å². The predicted octanol–water partition coefficient (Wildman–Crippen LogP) is 3.95. The smallest absolute Gasteiger partial charge is 0.245 e. The van der Waals surface area contributed by atoms with Gasteiger partial charge in [-0.2, -0.15) is 4.98 Å². The molecule has 0 radical (unpaired) electrons. The minimum atomic E-state index is -0.950. The first kappa shape index (κ1) is 22.2. The molecule has 7 nitrogen and oxygen atoms in total. The van der Waals surface area contributed by atoms with E-state index < -0.39 is 5.54 Å². The largest absolute Gasteiger partial charge is 0.394 e. The molecular formula is C20H20Cl2FN5O2. The second-order valence-electron chi connectivity index (χ2n) is 6.90. The zero-order chi connectivity index (χ0) is 21.7. The van der Waals surface area contributed by atoms with Crippen molar-refractivity contribution in [1.82, 2.24) is 15.2 Å². The van der Waals surface area contributed by atoms with E-state index in [4.69, 9.17) is 33.7 Å². The first-order chi connectivity index (χ1) is 14.3. The van der Waals surface area contributed by atoms with Crippen molar-refractivity contribution in [2.45, 2.75) is 19.1 Å². The third-order valence-corrected chi connectivity index (χ3v) is 5.14. The van der Waals surface area contributed by atoms with Crippen molar-refractivity contribution in [1.29, 1.82) is 0 Å². The summed E-state index contributed by atoms with van der Waals surface area (Å²) in [6, 6.07) is 11.4. The molecule has 2 aromatic carbocycles. The van der Waals surface area contributed by atoms with Crippen LogP contribution in [0.3, 0.4) is 0 Å². The number of benzene rings is 2. The van der Waals surface area contributed by atoms with Gasteiger partial charge >= 0.3 is 0 Å². The molecule has 0 amide bonds. The maximum atomic E-state index is 13.7. The summed E-state index contributed by atoms with van der Waals surface area (Å²) in [5.74, 6) is -0.170. The molecule has 3 rings (SSSR count). The number of nitrogen functional groups attached to an aromatic ring is 1. The Morgan fingerprint density at radius 1 is 1.17 bits per heavy atom. The van der Waals surface area contributed by atoms with Gasteiger partial charge in [0.25, 0.3) is 0 Å². The number of aliphatic hydroxyl groups excluding tert-OH is 1. The molecule has 0 saturated carbocycles. The lowest BCUT2D eigenvalue weighted by Gasteiger charge is -2.28. The van der Waals surface area contributed by atoms with Crippen LogP contribution in [0.5, 0.6) is 0 Å². The molecule has 1 unspecified atom stereocenters. The fourth-order valence-electron chi connectivity index (χ4n) is 2.66. The van der Waals surface area contributed by atoms with Gasteiger partial charge in [-0.25, -0.2) is 4.39 Å². The Balaban J connectivity index is 1.71. The molecule has 0 spiro atoms. The standard InChI is InChI=1S/C20H20Cl2FN5O2/c1-20(10-29,11-30-9-12-5-2-3-8-15(12)23)26-19-25-18(24)17(27-28-19)13-6-4-7-14(21)16(13)22/h2-8,29H,9-11H2,1H3,(H3,24,25,26,28). The average molecular weight is 452 g/mol. The van der Waals surface area contributed by atoms with Crippen LogP contribution < -0.4 is 11.1 Å². The van der Waals surface area contributed by atoms with Gasteiger partial charge in [0.1, 0.15) is 11.5 Å². The normalized spacial score (nSPS) is 13.1. The molecule has 0 saturated heterocycles. The van der Waals surface area contributed by atoms with E-state index in [1.165, 1.54) is 6.07 Å². The molecule has 1 atom stereocenters. The van der Waals surface area contributed by atoms with Gasteiger partial charge in [-0.05, 0) is 19.1 Å². The van der Waals surface area contributed by atoms with Crippen molar-refractivity contribution in [3.63, 3.8) is 0 Å². The molecule has 0 bridgehead atoms. The minimum absolute atomic E-state index is 0.0530. The first-order valence-corrected chi connectivity index (χ1v) is 9.73. The number of nitrogens with two attached hydrogens (primary N) is 1. The van der Waals surface area contributed by atoms with Crippen LogP contribution in [0.15, 0.2) is 42.5 Å². The van der Waals surface area contributed by atoms with E-state index in [1.54, 1.807) is 43.3 Å². The monoisotopic (exact) mass is 451 g/mol. The zero-order valence-corrected chi connectivity index (χ0v) is 17.6. The quantitative estimate of drug-likeness (QED) is 0.475. The number of aliphatic hydroxyl groups is 1. The first-order valence-electron chi connectivity index (χ1n) is 8.98. The molecule has 1 aromatic heterocycles. The molecule has 3 aromatic rings. The van der Waals surface area contributed by atoms with Gasteiger partial charge in [-0.15, -0.1) is 10.2 Å². The summed E-state index contributed by atoms with van der Waals surface area (Å²) < 4.78 is 19.3. The molecule has 0 fully saturated rings. The summed E-state index contributed by atoms with van der Waals surface area (Å²) in [5.41, 5.74) is 6.30. The molecular weight excluding hydrogens is 432 g/mol. The van der Waals surface area contributed by atoms with Crippen molar-refractivity contribution in [3.8, 4) is 11.3 Å². The van der Waals surface area contributed by atoms with Crippen molar-refractivity contribution < 1.29 is 14.2 Å². The molecule has 0 aliphatic heterocycles. The minimum Gasteiger partial charge on any atom is -0.394 e. The molecule has 158 valence electrons. The highest BCUT2D eigenvalue weighted by Gasteiger charge is 2.26. The average Bonchev–Trinajstić information content (AvgIpc) is 2.72. The summed E-state index contributed by atoms with van der Waals surface area (Å²) in [5, 5.41) is 21.5. The number of hydrogen-bond donors (Lipinski definition) is 3. The molecule has 0 aliphatic carbocycles. The Labute approximate surface area is 183 Å². The maximum absolute atomic E-state index is 13.7. The highest BCUT2D eigenvalue weighted by atomic mass is 35.5. The second kappa shape index (κ2) is 9.53. The molecule has 1 heterocycles. The van der Waals surface area contributed by atoms with Crippen LogP contribution in [0, 0.1) is 5.82 Å². The highest BCUT2D eigenvalue weighted by Crippen LogP contribution is 2.34. The number of hydrogen-bond acceptors (Lipinski definition) is 7. The second-order valence-corrected chi connectivity index (χ2v) is 7.68. The SMILES string of the molecule is CC(CO)(COCc1ccccc1F)Nc1nnc(-c2cccc(Cl)c2Cl)c(N)n1. The summed E-state index contributed by atoms with van der Waals surface area (Å²) >= 11 is 12.2. The van der Waals surface area contributed by atoms with Crippen molar-refractivity contribution in [2.24, 2.45) is 0 Å². The number of nitrogens with one attached hydrogen (secondary N) is 1.